The highest BCUT2D eigenvalue weighted by molar-refractivity contribution is 5.79. The molecule has 0 aromatic carbocycles. The van der Waals surface area contributed by atoms with Crippen molar-refractivity contribution >= 4 is 5.96 Å². The number of aliphatic imine (C=N–C) groups is 1. The van der Waals surface area contributed by atoms with E-state index in [1.165, 1.54) is 38.9 Å². The average molecular weight is 354 g/mol. The maximum Gasteiger partial charge on any atom is 0.190 e. The maximum atomic E-state index is 4.37. The van der Waals surface area contributed by atoms with E-state index in [1.807, 2.05) is 7.05 Å². The third-order valence-electron chi connectivity index (χ3n) is 5.24. The first-order chi connectivity index (χ1) is 12.0. The zero-order valence-electron chi connectivity index (χ0n) is 17.6. The normalized spacial score (nSPS) is 17.7. The summed E-state index contributed by atoms with van der Waals surface area (Å²) in [5.74, 6) is 1.74. The average Bonchev–Trinajstić information content (AvgIpc) is 2.58. The van der Waals surface area contributed by atoms with Gasteiger partial charge in [0.25, 0.3) is 0 Å². The van der Waals surface area contributed by atoms with Gasteiger partial charge < -0.3 is 15.5 Å². The molecule has 0 saturated carbocycles. The van der Waals surface area contributed by atoms with Crippen LogP contribution in [0.5, 0.6) is 0 Å². The summed E-state index contributed by atoms with van der Waals surface area (Å²) in [6, 6.07) is 1.21. The molecule has 0 unspecified atom stereocenters. The standard InChI is InChI=1S/C20H43N5/c1-7-12-24-14-9-19(10-15-24)16-23-20(21-6)22-11-8-13-25(17(2)3)18(4)5/h17-19H,7-16H2,1-6H3,(H2,21,22,23). The van der Waals surface area contributed by atoms with E-state index in [1.54, 1.807) is 0 Å². The molecule has 2 N–H and O–H groups in total. The van der Waals surface area contributed by atoms with Crippen LogP contribution in [-0.2, 0) is 0 Å². The third kappa shape index (κ3) is 8.91. The monoisotopic (exact) mass is 353 g/mol. The number of likely N-dealkylation sites (tertiary alicyclic amines) is 1. The van der Waals surface area contributed by atoms with Crippen LogP contribution in [0.3, 0.4) is 0 Å². The lowest BCUT2D eigenvalue weighted by Crippen LogP contribution is -2.44. The van der Waals surface area contributed by atoms with Crippen LogP contribution in [0.4, 0.5) is 0 Å². The summed E-state index contributed by atoms with van der Waals surface area (Å²) in [7, 11) is 1.87. The van der Waals surface area contributed by atoms with Crippen molar-refractivity contribution in [1.82, 2.24) is 20.4 Å². The van der Waals surface area contributed by atoms with Gasteiger partial charge in [0.15, 0.2) is 5.96 Å². The van der Waals surface area contributed by atoms with Gasteiger partial charge in [-0.05, 0) is 78.9 Å². The molecule has 0 bridgehead atoms. The fourth-order valence-corrected chi connectivity index (χ4v) is 3.77. The summed E-state index contributed by atoms with van der Waals surface area (Å²) in [5, 5.41) is 7.00. The van der Waals surface area contributed by atoms with E-state index in [-0.39, 0.29) is 0 Å². The maximum absolute atomic E-state index is 4.37. The van der Waals surface area contributed by atoms with Gasteiger partial charge in [-0.25, -0.2) is 0 Å². The molecular formula is C20H43N5. The Labute approximate surface area is 156 Å². The lowest BCUT2D eigenvalue weighted by Gasteiger charge is -2.32. The van der Waals surface area contributed by atoms with E-state index >= 15 is 0 Å². The van der Waals surface area contributed by atoms with Gasteiger partial charge in [-0.2, -0.15) is 0 Å². The van der Waals surface area contributed by atoms with Gasteiger partial charge in [-0.15, -0.1) is 0 Å². The molecule has 1 heterocycles. The third-order valence-corrected chi connectivity index (χ3v) is 5.24. The summed E-state index contributed by atoms with van der Waals surface area (Å²) < 4.78 is 0. The molecule has 0 radical (unpaired) electrons. The van der Waals surface area contributed by atoms with Crippen LogP contribution >= 0.6 is 0 Å². The van der Waals surface area contributed by atoms with E-state index in [2.05, 4.69) is 60.0 Å². The van der Waals surface area contributed by atoms with Crippen LogP contribution in [0, 0.1) is 5.92 Å². The first kappa shape index (κ1) is 22.2. The zero-order chi connectivity index (χ0) is 18.7. The minimum absolute atomic E-state index is 0.607. The number of nitrogens with zero attached hydrogens (tertiary/aromatic N) is 3. The van der Waals surface area contributed by atoms with E-state index < -0.39 is 0 Å². The lowest BCUT2D eigenvalue weighted by molar-refractivity contribution is 0.173. The highest BCUT2D eigenvalue weighted by atomic mass is 15.2. The van der Waals surface area contributed by atoms with Gasteiger partial charge in [0.1, 0.15) is 0 Å². The quantitative estimate of drug-likeness (QED) is 0.360. The van der Waals surface area contributed by atoms with Crippen molar-refractivity contribution < 1.29 is 0 Å². The van der Waals surface area contributed by atoms with Crippen molar-refractivity contribution in [2.75, 3.05) is 46.3 Å². The Morgan fingerprint density at radius 3 is 2.28 bits per heavy atom. The molecule has 5 nitrogen and oxygen atoms in total. The largest absolute Gasteiger partial charge is 0.356 e. The highest BCUT2D eigenvalue weighted by Crippen LogP contribution is 2.16. The van der Waals surface area contributed by atoms with Crippen molar-refractivity contribution in [1.29, 1.82) is 0 Å². The Bertz CT molecular complexity index is 351. The first-order valence-electron chi connectivity index (χ1n) is 10.4. The van der Waals surface area contributed by atoms with Crippen LogP contribution in [0.1, 0.15) is 60.3 Å². The van der Waals surface area contributed by atoms with Gasteiger partial charge in [0, 0.05) is 38.8 Å². The predicted molar refractivity (Wildman–Crippen MR) is 110 cm³/mol. The van der Waals surface area contributed by atoms with Crippen molar-refractivity contribution in [3.05, 3.63) is 0 Å². The summed E-state index contributed by atoms with van der Waals surface area (Å²) in [6.45, 7) is 18.3. The molecular weight excluding hydrogens is 310 g/mol. The molecule has 148 valence electrons. The second-order valence-corrected chi connectivity index (χ2v) is 7.94. The molecule has 0 atom stereocenters. The second-order valence-electron chi connectivity index (χ2n) is 7.94. The summed E-state index contributed by atoms with van der Waals surface area (Å²) >= 11 is 0. The van der Waals surface area contributed by atoms with Crippen LogP contribution in [0.2, 0.25) is 0 Å². The zero-order valence-corrected chi connectivity index (χ0v) is 17.6. The van der Waals surface area contributed by atoms with Crippen molar-refractivity contribution in [2.45, 2.75) is 72.4 Å². The minimum Gasteiger partial charge on any atom is -0.356 e. The molecule has 1 aliphatic heterocycles. The fraction of sp³-hybridized carbons (Fsp3) is 0.950. The van der Waals surface area contributed by atoms with Gasteiger partial charge in [0.2, 0.25) is 0 Å². The molecule has 0 aromatic heterocycles. The topological polar surface area (TPSA) is 42.9 Å². The molecule has 1 saturated heterocycles. The molecule has 1 fully saturated rings. The summed E-state index contributed by atoms with van der Waals surface area (Å²) in [6.07, 6.45) is 5.03. The van der Waals surface area contributed by atoms with E-state index in [0.717, 1.165) is 37.9 Å². The summed E-state index contributed by atoms with van der Waals surface area (Å²) in [5.41, 5.74) is 0. The lowest BCUT2D eigenvalue weighted by atomic mass is 9.97. The van der Waals surface area contributed by atoms with Crippen LogP contribution in [0.25, 0.3) is 0 Å². The summed E-state index contributed by atoms with van der Waals surface area (Å²) in [4.78, 5) is 9.51. The first-order valence-corrected chi connectivity index (χ1v) is 10.4. The number of hydrogen-bond donors (Lipinski definition) is 2. The molecule has 1 aliphatic rings. The van der Waals surface area contributed by atoms with Gasteiger partial charge in [0.05, 0.1) is 0 Å². The van der Waals surface area contributed by atoms with Crippen molar-refractivity contribution in [2.24, 2.45) is 10.9 Å². The minimum atomic E-state index is 0.607. The SMILES string of the molecule is CCCN1CCC(CNC(=NC)NCCCN(C(C)C)C(C)C)CC1. The molecule has 0 amide bonds. The van der Waals surface area contributed by atoms with Crippen molar-refractivity contribution in [3.8, 4) is 0 Å². The predicted octanol–water partition coefficient (Wildman–Crippen LogP) is 2.78. The van der Waals surface area contributed by atoms with Gasteiger partial charge in [-0.3, -0.25) is 9.89 Å². The van der Waals surface area contributed by atoms with Crippen LogP contribution in [-0.4, -0.2) is 74.2 Å². The van der Waals surface area contributed by atoms with E-state index in [4.69, 9.17) is 0 Å². The van der Waals surface area contributed by atoms with E-state index in [9.17, 15) is 0 Å². The number of nitrogens with one attached hydrogen (secondary N) is 2. The van der Waals surface area contributed by atoms with Crippen molar-refractivity contribution in [3.63, 3.8) is 0 Å². The van der Waals surface area contributed by atoms with Gasteiger partial charge >= 0.3 is 0 Å². The highest BCUT2D eigenvalue weighted by Gasteiger charge is 2.18. The Hall–Kier alpha value is -0.810. The second kappa shape index (κ2) is 12.5. The molecule has 0 spiro atoms. The molecule has 1 rings (SSSR count). The number of guanidine groups is 1. The number of hydrogen-bond acceptors (Lipinski definition) is 3. The Morgan fingerprint density at radius 2 is 1.76 bits per heavy atom. The van der Waals surface area contributed by atoms with Crippen LogP contribution in [0.15, 0.2) is 4.99 Å². The number of rotatable bonds is 10. The smallest absolute Gasteiger partial charge is 0.190 e. The van der Waals surface area contributed by atoms with E-state index in [0.29, 0.717) is 12.1 Å². The van der Waals surface area contributed by atoms with Crippen LogP contribution < -0.4 is 10.6 Å². The molecule has 0 aliphatic carbocycles. The fourth-order valence-electron chi connectivity index (χ4n) is 3.77. The molecule has 0 aromatic rings. The molecule has 5 heteroatoms. The Balaban J connectivity index is 2.19. The number of piperidine rings is 1. The Morgan fingerprint density at radius 1 is 1.12 bits per heavy atom. The molecule has 25 heavy (non-hydrogen) atoms. The Kier molecular flexibility index (Phi) is 11.1. The van der Waals surface area contributed by atoms with Gasteiger partial charge in [-0.1, -0.05) is 6.92 Å².